The molecule has 1 fully saturated rings. The van der Waals surface area contributed by atoms with Crippen molar-refractivity contribution in [2.75, 3.05) is 57.8 Å². The number of nitrogens with zero attached hydrogens (tertiary/aromatic N) is 5. The van der Waals surface area contributed by atoms with Gasteiger partial charge < -0.3 is 15.5 Å². The first-order valence-electron chi connectivity index (χ1n) is 10.3. The summed E-state index contributed by atoms with van der Waals surface area (Å²) >= 11 is 1.81. The monoisotopic (exact) mass is 415 g/mol. The van der Waals surface area contributed by atoms with Crippen molar-refractivity contribution in [3.05, 3.63) is 40.8 Å². The molecule has 0 aromatic carbocycles. The molecule has 3 rings (SSSR count). The fourth-order valence-corrected chi connectivity index (χ4v) is 4.26. The van der Waals surface area contributed by atoms with Crippen molar-refractivity contribution in [2.45, 2.75) is 25.7 Å². The maximum absolute atomic E-state index is 4.36. The third-order valence-electron chi connectivity index (χ3n) is 5.26. The molecule has 2 N–H and O–H groups in total. The Morgan fingerprint density at radius 2 is 1.90 bits per heavy atom. The predicted molar refractivity (Wildman–Crippen MR) is 122 cm³/mol. The molecule has 29 heavy (non-hydrogen) atoms. The zero-order valence-corrected chi connectivity index (χ0v) is 18.6. The Bertz CT molecular complexity index is 738. The second kappa shape index (κ2) is 10.5. The van der Waals surface area contributed by atoms with Gasteiger partial charge in [-0.1, -0.05) is 19.9 Å². The summed E-state index contributed by atoms with van der Waals surface area (Å²) < 4.78 is 0. The molecule has 0 radical (unpaired) electrons. The molecule has 3 heterocycles. The lowest BCUT2D eigenvalue weighted by Crippen LogP contribution is -2.48. The van der Waals surface area contributed by atoms with E-state index in [0.717, 1.165) is 64.1 Å². The Morgan fingerprint density at radius 3 is 2.55 bits per heavy atom. The van der Waals surface area contributed by atoms with Crippen molar-refractivity contribution < 1.29 is 0 Å². The zero-order valence-electron chi connectivity index (χ0n) is 17.8. The number of thiophene rings is 1. The van der Waals surface area contributed by atoms with E-state index in [-0.39, 0.29) is 5.41 Å². The van der Waals surface area contributed by atoms with Crippen molar-refractivity contribution in [3.8, 4) is 0 Å². The second-order valence-electron chi connectivity index (χ2n) is 7.94. The van der Waals surface area contributed by atoms with E-state index in [9.17, 15) is 0 Å². The van der Waals surface area contributed by atoms with Gasteiger partial charge in [0, 0.05) is 69.0 Å². The van der Waals surface area contributed by atoms with Crippen LogP contribution in [0.1, 0.15) is 25.1 Å². The molecule has 1 saturated heterocycles. The molecule has 8 heteroatoms. The first-order valence-corrected chi connectivity index (χ1v) is 11.2. The maximum atomic E-state index is 4.36. The van der Waals surface area contributed by atoms with Gasteiger partial charge in [0.25, 0.3) is 0 Å². The summed E-state index contributed by atoms with van der Waals surface area (Å²) in [7, 11) is 1.83. The molecular formula is C21H33N7S. The van der Waals surface area contributed by atoms with E-state index in [0.29, 0.717) is 0 Å². The highest BCUT2D eigenvalue weighted by molar-refractivity contribution is 7.10. The predicted octanol–water partition coefficient (Wildman–Crippen LogP) is 2.19. The third-order valence-corrected chi connectivity index (χ3v) is 6.50. The van der Waals surface area contributed by atoms with Gasteiger partial charge in [0.05, 0.1) is 0 Å². The first kappa shape index (κ1) is 21.5. The minimum absolute atomic E-state index is 0.0912. The van der Waals surface area contributed by atoms with Crippen LogP contribution in [0.4, 0.5) is 5.95 Å². The SMILES string of the molecule is CN=C(NCCCN1CCN(c2ncccn2)CC1)NCC(C)(C)c1cccs1. The molecule has 0 spiro atoms. The van der Waals surface area contributed by atoms with Gasteiger partial charge in [-0.05, 0) is 30.5 Å². The molecule has 7 nitrogen and oxygen atoms in total. The Balaban J connectivity index is 1.31. The summed E-state index contributed by atoms with van der Waals surface area (Å²) in [6.07, 6.45) is 4.71. The molecule has 158 valence electrons. The van der Waals surface area contributed by atoms with Gasteiger partial charge in [0.1, 0.15) is 0 Å². The number of hydrogen-bond donors (Lipinski definition) is 2. The van der Waals surface area contributed by atoms with Crippen molar-refractivity contribution in [2.24, 2.45) is 4.99 Å². The first-order chi connectivity index (χ1) is 14.1. The number of hydrogen-bond acceptors (Lipinski definition) is 6. The molecule has 0 aliphatic carbocycles. The van der Waals surface area contributed by atoms with E-state index in [2.05, 4.69) is 66.8 Å². The van der Waals surface area contributed by atoms with Crippen LogP contribution >= 0.6 is 11.3 Å². The second-order valence-corrected chi connectivity index (χ2v) is 8.89. The Hall–Kier alpha value is -2.19. The third kappa shape index (κ3) is 6.40. The van der Waals surface area contributed by atoms with Gasteiger partial charge >= 0.3 is 0 Å². The van der Waals surface area contributed by atoms with Crippen LogP contribution in [0.2, 0.25) is 0 Å². The topological polar surface area (TPSA) is 68.7 Å². The van der Waals surface area contributed by atoms with Gasteiger partial charge in [-0.25, -0.2) is 9.97 Å². The van der Waals surface area contributed by atoms with Crippen molar-refractivity contribution >= 4 is 23.2 Å². The van der Waals surface area contributed by atoms with E-state index in [4.69, 9.17) is 0 Å². The number of nitrogens with one attached hydrogen (secondary N) is 2. The zero-order chi connectivity index (χ0) is 20.5. The molecule has 0 atom stereocenters. The van der Waals surface area contributed by atoms with Crippen LogP contribution in [0, 0.1) is 0 Å². The fourth-order valence-electron chi connectivity index (χ4n) is 3.41. The summed E-state index contributed by atoms with van der Waals surface area (Å²) in [4.78, 5) is 19.2. The van der Waals surface area contributed by atoms with Gasteiger partial charge in [-0.15, -0.1) is 11.3 Å². The highest BCUT2D eigenvalue weighted by Gasteiger charge is 2.22. The molecule has 0 bridgehead atoms. The lowest BCUT2D eigenvalue weighted by atomic mass is 9.91. The van der Waals surface area contributed by atoms with Crippen LogP contribution in [-0.2, 0) is 5.41 Å². The minimum Gasteiger partial charge on any atom is -0.356 e. The normalized spacial score (nSPS) is 16.1. The smallest absolute Gasteiger partial charge is 0.225 e. The molecule has 2 aromatic rings. The fraction of sp³-hybridized carbons (Fsp3) is 0.571. The minimum atomic E-state index is 0.0912. The van der Waals surface area contributed by atoms with E-state index in [1.54, 1.807) is 0 Å². The van der Waals surface area contributed by atoms with Crippen molar-refractivity contribution in [1.29, 1.82) is 0 Å². The Labute approximate surface area is 178 Å². The summed E-state index contributed by atoms with van der Waals surface area (Å²) in [6.45, 7) is 11.5. The quantitative estimate of drug-likeness (QED) is 0.391. The van der Waals surface area contributed by atoms with Gasteiger partial charge in [0.2, 0.25) is 5.95 Å². The lowest BCUT2D eigenvalue weighted by molar-refractivity contribution is 0.254. The molecular weight excluding hydrogens is 382 g/mol. The van der Waals surface area contributed by atoms with E-state index in [1.165, 1.54) is 4.88 Å². The highest BCUT2D eigenvalue weighted by atomic mass is 32.1. The molecule has 0 amide bonds. The average molecular weight is 416 g/mol. The van der Waals surface area contributed by atoms with Crippen molar-refractivity contribution in [3.63, 3.8) is 0 Å². The highest BCUT2D eigenvalue weighted by Crippen LogP contribution is 2.26. The summed E-state index contributed by atoms with van der Waals surface area (Å²) in [5.41, 5.74) is 0.0912. The van der Waals surface area contributed by atoms with Gasteiger partial charge in [0.15, 0.2) is 5.96 Å². The largest absolute Gasteiger partial charge is 0.356 e. The van der Waals surface area contributed by atoms with Crippen LogP contribution in [0.25, 0.3) is 0 Å². The molecule has 1 aliphatic rings. The standard InChI is InChI=1S/C21H33N7S/c1-21(2,18-7-4-16-29-18)17-26-19(22-3)23-10-6-11-27-12-14-28(15-13-27)20-24-8-5-9-25-20/h4-5,7-9,16H,6,10-15,17H2,1-3H3,(H2,22,23,26). The summed E-state index contributed by atoms with van der Waals surface area (Å²) in [5, 5.41) is 9.05. The van der Waals surface area contributed by atoms with Crippen molar-refractivity contribution in [1.82, 2.24) is 25.5 Å². The van der Waals surface area contributed by atoms with Crippen LogP contribution in [0.15, 0.2) is 41.0 Å². The number of guanidine groups is 1. The maximum Gasteiger partial charge on any atom is 0.225 e. The molecule has 0 saturated carbocycles. The summed E-state index contributed by atoms with van der Waals surface area (Å²) in [5.74, 6) is 1.72. The number of aliphatic imine (C=N–C) groups is 1. The van der Waals surface area contributed by atoms with Gasteiger partial charge in [-0.2, -0.15) is 0 Å². The number of anilines is 1. The number of aromatic nitrogens is 2. The van der Waals surface area contributed by atoms with E-state index < -0.39 is 0 Å². The van der Waals surface area contributed by atoms with E-state index in [1.807, 2.05) is 36.8 Å². The van der Waals surface area contributed by atoms with Crippen LogP contribution in [0.5, 0.6) is 0 Å². The van der Waals surface area contributed by atoms with Crippen LogP contribution < -0.4 is 15.5 Å². The number of piperazine rings is 1. The number of rotatable bonds is 8. The lowest BCUT2D eigenvalue weighted by Gasteiger charge is -2.34. The van der Waals surface area contributed by atoms with Crippen LogP contribution in [-0.4, -0.2) is 73.7 Å². The Kier molecular flexibility index (Phi) is 7.83. The Morgan fingerprint density at radius 1 is 1.14 bits per heavy atom. The molecule has 1 aliphatic heterocycles. The van der Waals surface area contributed by atoms with Gasteiger partial charge in [-0.3, -0.25) is 9.89 Å². The summed E-state index contributed by atoms with van der Waals surface area (Å²) in [6, 6.07) is 6.17. The average Bonchev–Trinajstić information content (AvgIpc) is 3.30. The van der Waals surface area contributed by atoms with Crippen LogP contribution in [0.3, 0.4) is 0 Å². The molecule has 2 aromatic heterocycles. The van der Waals surface area contributed by atoms with E-state index >= 15 is 0 Å². The molecule has 0 unspecified atom stereocenters.